The van der Waals surface area contributed by atoms with E-state index >= 15 is 0 Å². The number of carbonyl (C=O) groups excluding carboxylic acids is 1. The van der Waals surface area contributed by atoms with Crippen molar-refractivity contribution in [1.82, 2.24) is 0 Å². The molecule has 0 bridgehead atoms. The molecule has 70 heavy (non-hydrogen) atoms. The standard InChI is InChI=1S/C24H39BO4P2Si.C24H38O4Si.2C4H9.Al.H/c1-24(2,3)32(4,5)29-18(12-11-17-9-7-6-8-10-17)13-14-19-20-15-23(26)27-21(20)16-22(19)28-25(30)31;1-24(2,3)29(4,5)28-18(12-11-17-9-7-6-8-10-17)13-14-19-20-15-23(26)27-22(20)16-21(19)25;2*1-4(2)3;;/h6-10,13-14,18-22H,11-12,15-16,30-31H2,1-5H3;6-10,13-14,18-23,25-26H,11-12,15-16H2,1-5H3;2*4H,1H2,2-3H3;;/b2*14-13+;;;;/t18-,19-,20-,21+,22-;18-,19-,20-,21-,22+,23?;;;;/m11..../s1. The average molecular weight is 1050 g/mol. The van der Waals surface area contributed by atoms with Gasteiger partial charge in [0, 0.05) is 37.0 Å². The normalized spacial score (nSPS) is 26.7. The minimum atomic E-state index is -1.93. The van der Waals surface area contributed by atoms with Crippen molar-refractivity contribution < 1.29 is 38.0 Å². The summed E-state index contributed by atoms with van der Waals surface area (Å²) >= 11 is 0.316. The third-order valence-electron chi connectivity index (χ3n) is 15.9. The van der Waals surface area contributed by atoms with E-state index in [0.29, 0.717) is 34.5 Å². The summed E-state index contributed by atoms with van der Waals surface area (Å²) in [4.78, 5) is 11.9. The lowest BCUT2D eigenvalue weighted by molar-refractivity contribution is -0.141. The van der Waals surface area contributed by atoms with E-state index in [1.807, 2.05) is 6.07 Å². The van der Waals surface area contributed by atoms with Crippen LogP contribution in [-0.4, -0.2) is 97.3 Å². The average Bonchev–Trinajstić information content (AvgIpc) is 3.97. The zero-order valence-electron chi connectivity index (χ0n) is 45.9. The number of aliphatic hydroxyl groups excluding tert-OH is 2. The van der Waals surface area contributed by atoms with E-state index < -0.39 is 29.0 Å². The van der Waals surface area contributed by atoms with Crippen LogP contribution in [0.2, 0.25) is 46.8 Å². The van der Waals surface area contributed by atoms with Gasteiger partial charge >= 0.3 is 12.3 Å². The molecular formula is C56H96AlBO8P2Si2. The largest absolute Gasteiger partial charge is 0.462 e. The van der Waals surface area contributed by atoms with Crippen molar-refractivity contribution in [1.29, 1.82) is 0 Å². The van der Waals surface area contributed by atoms with Crippen molar-refractivity contribution in [3.8, 4) is 0 Å². The number of rotatable bonds is 20. The van der Waals surface area contributed by atoms with Crippen LogP contribution < -0.4 is 0 Å². The number of aryl methyl sites for hydroxylation is 2. The second kappa shape index (κ2) is 28.3. The van der Waals surface area contributed by atoms with Crippen LogP contribution in [0, 0.1) is 35.5 Å². The maximum atomic E-state index is 11.9. The molecule has 0 spiro atoms. The Morgan fingerprint density at radius 2 is 1.19 bits per heavy atom. The van der Waals surface area contributed by atoms with Crippen LogP contribution in [-0.2, 0) is 40.6 Å². The first-order chi connectivity index (χ1) is 32.7. The molecule has 2 saturated carbocycles. The second-order valence-corrected chi connectivity index (χ2v) is 38.1. The first-order valence-electron chi connectivity index (χ1n) is 26.8. The number of esters is 1. The van der Waals surface area contributed by atoms with Crippen LogP contribution in [0.5, 0.6) is 0 Å². The fourth-order valence-electron chi connectivity index (χ4n) is 9.69. The Bertz CT molecular complexity index is 1880. The number of fused-ring (bicyclic) bond motifs is 2. The van der Waals surface area contributed by atoms with Crippen LogP contribution in [0.15, 0.2) is 85.0 Å². The summed E-state index contributed by atoms with van der Waals surface area (Å²) in [6, 6.07) is 21.1. The van der Waals surface area contributed by atoms with Crippen molar-refractivity contribution >= 4 is 62.4 Å². The van der Waals surface area contributed by atoms with Crippen molar-refractivity contribution in [3.63, 3.8) is 0 Å². The van der Waals surface area contributed by atoms with Gasteiger partial charge in [-0.1, -0.05) is 177 Å². The van der Waals surface area contributed by atoms with Crippen LogP contribution in [0.1, 0.15) is 119 Å². The van der Waals surface area contributed by atoms with Gasteiger partial charge in [-0.25, -0.2) is 0 Å². The summed E-state index contributed by atoms with van der Waals surface area (Å²) < 4.78 is 30.9. The van der Waals surface area contributed by atoms with Crippen LogP contribution in [0.25, 0.3) is 0 Å². The van der Waals surface area contributed by atoms with Gasteiger partial charge in [-0.15, -0.1) is 18.2 Å². The fourth-order valence-corrected chi connectivity index (χ4v) is 14.6. The lowest BCUT2D eigenvalue weighted by Gasteiger charge is -2.39. The van der Waals surface area contributed by atoms with E-state index in [1.165, 1.54) is 21.7 Å². The number of hydrogen-bond donors (Lipinski definition) is 2. The highest BCUT2D eigenvalue weighted by Gasteiger charge is 2.50. The van der Waals surface area contributed by atoms with Crippen molar-refractivity contribution in [3.05, 3.63) is 96.1 Å². The van der Waals surface area contributed by atoms with E-state index in [2.05, 4.69) is 193 Å². The maximum Gasteiger partial charge on any atom is 0.336 e. The van der Waals surface area contributed by atoms with Crippen LogP contribution in [0.4, 0.5) is 0 Å². The quantitative estimate of drug-likeness (QED) is 0.0585. The lowest BCUT2D eigenvalue weighted by atomic mass is 9.91. The topological polar surface area (TPSA) is 104 Å². The molecule has 8 nitrogen and oxygen atoms in total. The molecule has 0 amide bonds. The maximum absolute atomic E-state index is 11.9. The minimum Gasteiger partial charge on any atom is -0.462 e. The number of hydrogen-bond acceptors (Lipinski definition) is 8. The Labute approximate surface area is 439 Å². The molecule has 4 fully saturated rings. The second-order valence-electron chi connectivity index (χ2n) is 24.6. The van der Waals surface area contributed by atoms with E-state index in [4.69, 9.17) is 23.0 Å². The fraction of sp³-hybridized carbons (Fsp3) is 0.696. The van der Waals surface area contributed by atoms with Crippen LogP contribution in [0.3, 0.4) is 0 Å². The Kier molecular flexibility index (Phi) is 24.9. The highest BCUT2D eigenvalue weighted by molar-refractivity contribution is 7.92. The zero-order chi connectivity index (χ0) is 52.0. The highest BCUT2D eigenvalue weighted by atomic mass is 31.1. The molecule has 2 heterocycles. The summed E-state index contributed by atoms with van der Waals surface area (Å²) in [6.45, 7) is 32.1. The molecule has 14 heteroatoms. The summed E-state index contributed by atoms with van der Waals surface area (Å²) in [6.07, 6.45) is 14.0. The highest BCUT2D eigenvalue weighted by Crippen LogP contribution is 2.46. The predicted molar refractivity (Wildman–Crippen MR) is 308 cm³/mol. The summed E-state index contributed by atoms with van der Waals surface area (Å²) in [7, 11) is 1.51. The van der Waals surface area contributed by atoms with Crippen molar-refractivity contribution in [2.45, 2.75) is 210 Å². The van der Waals surface area contributed by atoms with Gasteiger partial charge in [0.2, 0.25) is 15.2 Å². The number of carbonyl (C=O) groups is 1. The van der Waals surface area contributed by atoms with Gasteiger partial charge in [0.15, 0.2) is 22.9 Å². The Morgan fingerprint density at radius 1 is 0.714 bits per heavy atom. The van der Waals surface area contributed by atoms with Gasteiger partial charge < -0.3 is 33.2 Å². The molecule has 6 rings (SSSR count). The van der Waals surface area contributed by atoms with Gasteiger partial charge in [-0.05, 0) is 79.0 Å². The lowest BCUT2D eigenvalue weighted by Crippen LogP contribution is -2.43. The molecule has 0 aromatic heterocycles. The summed E-state index contributed by atoms with van der Waals surface area (Å²) in [5.74, 6) is 2.41. The van der Waals surface area contributed by atoms with E-state index in [1.54, 1.807) is 0 Å². The molecule has 2 aliphatic carbocycles. The Morgan fingerprint density at radius 3 is 1.63 bits per heavy atom. The summed E-state index contributed by atoms with van der Waals surface area (Å²) in [5.41, 5.74) is 2.65. The molecular weight excluding hydrogens is 957 g/mol. The molecule has 2 saturated heterocycles. The predicted octanol–water partition coefficient (Wildman–Crippen LogP) is 12.9. The van der Waals surface area contributed by atoms with Crippen molar-refractivity contribution in [2.24, 2.45) is 35.5 Å². The van der Waals surface area contributed by atoms with Crippen LogP contribution >= 0.6 is 18.2 Å². The SMILES string of the molecule is CC(C)(C)[Si](C)(C)O[C@@H](/C=C/[C@@H]1[C@H]2CC(=O)O[C@H]2C[C@H]1OB(P)P)CCc1ccccc1.CC(C)(C)[Si](C)(C)O[C@@H](/C=C/[C@@H]1[C@H]2CC(O)O[C@H]2C[C@H]1O)CCc1ccccc1.CC(C)[CH2][AlH][CH2]C(C)C. The smallest absolute Gasteiger partial charge is 0.336 e. The van der Waals surface area contributed by atoms with Gasteiger partial charge in [0.1, 0.15) is 6.10 Å². The van der Waals surface area contributed by atoms with Gasteiger partial charge in [-0.2, -0.15) is 0 Å². The molecule has 3 unspecified atom stereocenters. The van der Waals surface area contributed by atoms with Crippen molar-refractivity contribution in [2.75, 3.05) is 0 Å². The number of ether oxygens (including phenoxy) is 2. The first-order valence-corrected chi connectivity index (χ1v) is 36.0. The molecule has 2 N–H and O–H groups in total. The molecule has 2 aliphatic heterocycles. The van der Waals surface area contributed by atoms with Gasteiger partial charge in [0.05, 0.1) is 36.9 Å². The number of aliphatic hydroxyl groups is 2. The molecule has 0 radical (unpaired) electrons. The molecule has 2 aromatic rings. The molecule has 4 aliphatic rings. The molecule has 13 atom stereocenters. The third kappa shape index (κ3) is 20.0. The Balaban J connectivity index is 0.000000260. The van der Waals surface area contributed by atoms with E-state index in [9.17, 15) is 15.0 Å². The van der Waals surface area contributed by atoms with Gasteiger partial charge in [-0.3, -0.25) is 4.79 Å². The summed E-state index contributed by atoms with van der Waals surface area (Å²) in [5, 5.41) is 23.7. The minimum absolute atomic E-state index is 0.0113. The van der Waals surface area contributed by atoms with Gasteiger partial charge in [0.25, 0.3) is 0 Å². The molecule has 392 valence electrons. The molecule has 2 aromatic carbocycles. The third-order valence-corrected chi connectivity index (χ3v) is 28.3. The Hall–Kier alpha value is -0.959. The zero-order valence-corrected chi connectivity index (χ0v) is 51.7. The number of benzene rings is 2. The monoisotopic (exact) mass is 1050 g/mol. The van der Waals surface area contributed by atoms with E-state index in [0.717, 1.165) is 43.9 Å². The van der Waals surface area contributed by atoms with E-state index in [-0.39, 0.29) is 76.6 Å². The first kappa shape index (κ1) is 61.6.